The summed E-state index contributed by atoms with van der Waals surface area (Å²) in [6.07, 6.45) is -21.3. The smallest absolute Gasteiger partial charge is 0.748 e. The summed E-state index contributed by atoms with van der Waals surface area (Å²) in [4.78, 5) is 0. The van der Waals surface area contributed by atoms with Crippen LogP contribution >= 0.6 is 0 Å². The van der Waals surface area contributed by atoms with E-state index in [4.69, 9.17) is 23.7 Å². The molecule has 0 saturated carbocycles. The zero-order valence-corrected chi connectivity index (χ0v) is 22.3. The average molecular weight is 558 g/mol. The van der Waals surface area contributed by atoms with Gasteiger partial charge in [-0.3, -0.25) is 0 Å². The molecule has 36 heavy (non-hydrogen) atoms. The Bertz CT molecular complexity index is 804. The Morgan fingerprint density at radius 3 is 1.92 bits per heavy atom. The first-order chi connectivity index (χ1) is 16.3. The van der Waals surface area contributed by atoms with Crippen molar-refractivity contribution in [3.63, 3.8) is 0 Å². The summed E-state index contributed by atoms with van der Waals surface area (Å²) in [6, 6.07) is 0. The first kappa shape index (κ1) is 32.6. The molecule has 3 saturated heterocycles. The van der Waals surface area contributed by atoms with E-state index in [1.54, 1.807) is 0 Å². The summed E-state index contributed by atoms with van der Waals surface area (Å²) in [6.45, 7) is -0.700. The molecule has 8 N–H and O–H groups in total. The summed E-state index contributed by atoms with van der Waals surface area (Å²) in [5.41, 5.74) is 0. The van der Waals surface area contributed by atoms with Gasteiger partial charge in [0.2, 0.25) is 0 Å². The molecule has 0 radical (unpaired) electrons. The molecule has 0 amide bonds. The molecule has 0 aromatic rings. The number of rotatable bonds is 7. The zero-order valence-electron chi connectivity index (χ0n) is 19.5. The van der Waals surface area contributed by atoms with Crippen molar-refractivity contribution >= 4 is 10.1 Å². The summed E-state index contributed by atoms with van der Waals surface area (Å²) in [5, 5.41) is 77.9. The molecule has 0 bridgehead atoms. The maximum atomic E-state index is 11.6. The Hall–Kier alpha value is 0.390. The molecule has 3 aliphatic rings. The Labute approximate surface area is 228 Å². The fraction of sp³-hybridized carbons (Fsp3) is 1.00. The van der Waals surface area contributed by atoms with Crippen LogP contribution in [-0.2, 0) is 33.8 Å². The van der Waals surface area contributed by atoms with Gasteiger partial charge in [-0.25, -0.2) is 8.42 Å². The van der Waals surface area contributed by atoms with Gasteiger partial charge in [-0.05, 0) is 6.92 Å². The van der Waals surface area contributed by atoms with E-state index in [2.05, 4.69) is 0 Å². The monoisotopic (exact) mass is 558 g/mol. The molecule has 14 atom stereocenters. The van der Waals surface area contributed by atoms with Crippen molar-refractivity contribution in [1.29, 1.82) is 0 Å². The Kier molecular flexibility index (Phi) is 11.9. The van der Waals surface area contributed by atoms with Gasteiger partial charge in [0.15, 0.2) is 12.6 Å². The van der Waals surface area contributed by atoms with Gasteiger partial charge in [0, 0.05) is 0 Å². The number of aliphatic hydroxyl groups is 8. The molecule has 0 aromatic heterocycles. The summed E-state index contributed by atoms with van der Waals surface area (Å²) >= 11 is 0. The first-order valence-corrected chi connectivity index (χ1v) is 12.3. The molecule has 3 aliphatic heterocycles. The normalized spacial score (nSPS) is 48.3. The minimum atomic E-state index is -5.32. The standard InChI is InChI=1S/C18H32O16S.Na/c1-5-9(22)11(24)12(25)17(31-5)33-14-6(21)4-30-8(3-20)15(14)34-18-13(26)16(35(27,28)29)10(23)7(2-19)32-18;/h5-26H,2-4H2,1H3,(H,27,28,29);/q;+1/p-1. The van der Waals surface area contributed by atoms with Crippen molar-refractivity contribution in [2.45, 2.75) is 91.9 Å². The van der Waals surface area contributed by atoms with Crippen LogP contribution in [0.25, 0.3) is 0 Å². The van der Waals surface area contributed by atoms with Crippen molar-refractivity contribution in [3.8, 4) is 0 Å². The Morgan fingerprint density at radius 1 is 0.806 bits per heavy atom. The van der Waals surface area contributed by atoms with E-state index >= 15 is 0 Å². The van der Waals surface area contributed by atoms with Crippen LogP contribution < -0.4 is 29.6 Å². The van der Waals surface area contributed by atoms with E-state index in [-0.39, 0.29) is 29.6 Å². The van der Waals surface area contributed by atoms with Crippen molar-refractivity contribution in [2.75, 3.05) is 19.8 Å². The Balaban J connectivity index is 0.00000456. The minimum absolute atomic E-state index is 0. The number of ether oxygens (including phenoxy) is 5. The molecule has 3 fully saturated rings. The molecule has 18 heteroatoms. The molecular weight excluding hydrogens is 527 g/mol. The molecule has 206 valence electrons. The molecule has 14 unspecified atom stereocenters. The fourth-order valence-electron chi connectivity index (χ4n) is 4.27. The first-order valence-electron chi connectivity index (χ1n) is 10.8. The molecule has 16 nitrogen and oxygen atoms in total. The topological polar surface area (TPSA) is 265 Å². The van der Waals surface area contributed by atoms with Crippen LogP contribution in [0.5, 0.6) is 0 Å². The minimum Gasteiger partial charge on any atom is -0.748 e. The second kappa shape index (κ2) is 13.2. The van der Waals surface area contributed by atoms with E-state index in [9.17, 15) is 53.8 Å². The van der Waals surface area contributed by atoms with Gasteiger partial charge >= 0.3 is 29.6 Å². The van der Waals surface area contributed by atoms with Crippen molar-refractivity contribution in [3.05, 3.63) is 0 Å². The molecule has 3 rings (SSSR count). The van der Waals surface area contributed by atoms with E-state index in [0.717, 1.165) is 0 Å². The third-order valence-electron chi connectivity index (χ3n) is 6.28. The second-order valence-electron chi connectivity index (χ2n) is 8.67. The third-order valence-corrected chi connectivity index (χ3v) is 7.50. The fourth-order valence-corrected chi connectivity index (χ4v) is 5.26. The van der Waals surface area contributed by atoms with Gasteiger partial charge in [-0.15, -0.1) is 0 Å². The van der Waals surface area contributed by atoms with Gasteiger partial charge in [0.25, 0.3) is 0 Å². The molecule has 3 heterocycles. The van der Waals surface area contributed by atoms with Crippen LogP contribution in [0.3, 0.4) is 0 Å². The SMILES string of the molecule is CC1OC(OC2C(O)COC(CO)C2OC2OC(CO)C(O)C(S(=O)(=O)[O-])C2O)C(O)C(O)C1O.[Na+]. The van der Waals surface area contributed by atoms with E-state index < -0.39 is 115 Å². The summed E-state index contributed by atoms with van der Waals surface area (Å²) in [5.74, 6) is 0. The van der Waals surface area contributed by atoms with E-state index in [0.29, 0.717) is 0 Å². The van der Waals surface area contributed by atoms with Crippen molar-refractivity contribution < 1.29 is 107 Å². The van der Waals surface area contributed by atoms with E-state index in [1.165, 1.54) is 6.92 Å². The summed E-state index contributed by atoms with van der Waals surface area (Å²) in [7, 11) is -5.32. The quantitative estimate of drug-likeness (QED) is 0.106. The van der Waals surface area contributed by atoms with Crippen LogP contribution in [-0.4, -0.2) is 159 Å². The van der Waals surface area contributed by atoms with Gasteiger partial charge in [0.05, 0.1) is 25.9 Å². The van der Waals surface area contributed by atoms with Crippen LogP contribution in [0, 0.1) is 0 Å². The molecule has 0 aliphatic carbocycles. The molecule has 0 aromatic carbocycles. The number of aliphatic hydroxyl groups excluding tert-OH is 8. The maximum Gasteiger partial charge on any atom is 1.00 e. The van der Waals surface area contributed by atoms with Crippen molar-refractivity contribution in [2.24, 2.45) is 0 Å². The van der Waals surface area contributed by atoms with Gasteiger partial charge in [0.1, 0.15) is 76.4 Å². The van der Waals surface area contributed by atoms with Gasteiger partial charge in [-0.2, -0.15) is 0 Å². The zero-order chi connectivity index (χ0) is 26.2. The average Bonchev–Trinajstić information content (AvgIpc) is 2.78. The maximum absolute atomic E-state index is 11.6. The predicted octanol–water partition coefficient (Wildman–Crippen LogP) is -9.31. The number of hydrogen-bond donors (Lipinski definition) is 8. The second-order valence-corrected chi connectivity index (χ2v) is 10.2. The molecule has 0 spiro atoms. The Morgan fingerprint density at radius 2 is 1.36 bits per heavy atom. The third kappa shape index (κ3) is 6.75. The van der Waals surface area contributed by atoms with Crippen LogP contribution in [0.2, 0.25) is 0 Å². The van der Waals surface area contributed by atoms with E-state index in [1.807, 2.05) is 0 Å². The summed E-state index contributed by atoms with van der Waals surface area (Å²) < 4.78 is 62.0. The van der Waals surface area contributed by atoms with Gasteiger partial charge < -0.3 is 69.1 Å². The number of hydrogen-bond acceptors (Lipinski definition) is 16. The van der Waals surface area contributed by atoms with Crippen LogP contribution in [0.1, 0.15) is 6.92 Å². The molecular formula is C18H31NaO16S. The van der Waals surface area contributed by atoms with Crippen LogP contribution in [0.4, 0.5) is 0 Å². The van der Waals surface area contributed by atoms with Crippen molar-refractivity contribution in [1.82, 2.24) is 0 Å². The van der Waals surface area contributed by atoms with Crippen LogP contribution in [0.15, 0.2) is 0 Å². The predicted molar refractivity (Wildman–Crippen MR) is 106 cm³/mol. The largest absolute Gasteiger partial charge is 1.00 e. The van der Waals surface area contributed by atoms with Gasteiger partial charge in [-0.1, -0.05) is 0 Å².